The summed E-state index contributed by atoms with van der Waals surface area (Å²) in [6, 6.07) is 40.7. The molecule has 1 fully saturated rings. The third-order valence-electron chi connectivity index (χ3n) is 6.74. The van der Waals surface area contributed by atoms with Crippen LogP contribution in [0.15, 0.2) is 126 Å². The Balaban J connectivity index is 1.61. The van der Waals surface area contributed by atoms with Gasteiger partial charge in [0, 0.05) is 16.0 Å². The van der Waals surface area contributed by atoms with Gasteiger partial charge in [-0.1, -0.05) is 119 Å². The van der Waals surface area contributed by atoms with Gasteiger partial charge in [-0.3, -0.25) is 0 Å². The first kappa shape index (κ1) is 18.7. The smallest absolute Gasteiger partial charge is 0.156 e. The third-order valence-corrected chi connectivity index (χ3v) is 7.27. The van der Waals surface area contributed by atoms with E-state index in [4.69, 9.17) is 4.74 Å². The highest BCUT2D eigenvalue weighted by Gasteiger charge is 2.82. The van der Waals surface area contributed by atoms with E-state index in [9.17, 15) is 0 Å². The lowest BCUT2D eigenvalue weighted by Gasteiger charge is -2.21. The molecule has 1 saturated carbocycles. The summed E-state index contributed by atoms with van der Waals surface area (Å²) in [5.41, 5.74) is 4.20. The summed E-state index contributed by atoms with van der Waals surface area (Å²) in [4.78, 5) is 0. The molecule has 1 aliphatic heterocycles. The molecular formula is C29H21BrO. The Labute approximate surface area is 191 Å². The predicted molar refractivity (Wildman–Crippen MR) is 129 cm³/mol. The molecule has 6 rings (SSSR count). The van der Waals surface area contributed by atoms with Gasteiger partial charge in [0.05, 0.1) is 5.41 Å². The molecule has 4 aromatic rings. The lowest BCUT2D eigenvalue weighted by atomic mass is 9.87. The fourth-order valence-electron chi connectivity index (χ4n) is 5.44. The number of benzene rings is 4. The van der Waals surface area contributed by atoms with Gasteiger partial charge in [-0.05, 0) is 34.9 Å². The van der Waals surface area contributed by atoms with Crippen LogP contribution in [0, 0.1) is 0 Å². The number of ether oxygens (including phenoxy) is 1. The van der Waals surface area contributed by atoms with Crippen LogP contribution in [0.3, 0.4) is 0 Å². The minimum atomic E-state index is -0.464. The molecule has 3 unspecified atom stereocenters. The second-order valence-electron chi connectivity index (χ2n) is 8.30. The van der Waals surface area contributed by atoms with Crippen molar-refractivity contribution in [3.05, 3.63) is 148 Å². The van der Waals surface area contributed by atoms with Gasteiger partial charge in [0.15, 0.2) is 5.60 Å². The largest absolute Gasteiger partial charge is 0.480 e. The van der Waals surface area contributed by atoms with Crippen LogP contribution >= 0.6 is 15.9 Å². The Hall–Kier alpha value is -3.10. The summed E-state index contributed by atoms with van der Waals surface area (Å²) in [6.07, 6.45) is 2.37. The maximum Gasteiger partial charge on any atom is 0.156 e. The average molecular weight is 465 g/mol. The lowest BCUT2D eigenvalue weighted by molar-refractivity contribution is 0.136. The van der Waals surface area contributed by atoms with Crippen molar-refractivity contribution in [2.24, 2.45) is 0 Å². The summed E-state index contributed by atoms with van der Waals surface area (Å²) < 4.78 is 8.09. The van der Waals surface area contributed by atoms with Gasteiger partial charge in [0.25, 0.3) is 0 Å². The second kappa shape index (κ2) is 6.96. The van der Waals surface area contributed by atoms with E-state index < -0.39 is 5.60 Å². The molecule has 2 heteroatoms. The zero-order valence-electron chi connectivity index (χ0n) is 16.9. The summed E-state index contributed by atoms with van der Waals surface area (Å²) in [7, 11) is 0. The monoisotopic (exact) mass is 464 g/mol. The van der Waals surface area contributed by atoms with Crippen LogP contribution < -0.4 is 0 Å². The summed E-state index contributed by atoms with van der Waals surface area (Å²) in [5.74, 6) is 1.16. The molecule has 31 heavy (non-hydrogen) atoms. The Morgan fingerprint density at radius 1 is 0.613 bits per heavy atom. The van der Waals surface area contributed by atoms with Crippen LogP contribution in [0.25, 0.3) is 5.76 Å². The van der Waals surface area contributed by atoms with Crippen LogP contribution in [0.1, 0.15) is 28.2 Å². The van der Waals surface area contributed by atoms with Crippen LogP contribution in [0.2, 0.25) is 0 Å². The lowest BCUT2D eigenvalue weighted by Crippen LogP contribution is -2.18. The van der Waals surface area contributed by atoms with Crippen LogP contribution in [0.5, 0.6) is 0 Å². The molecule has 0 spiro atoms. The number of rotatable bonds is 4. The number of halogens is 1. The SMILES string of the molecule is Brc1ccc(C2C3(c4ccccc4)C=C(c4ccccc4)OC23c2ccccc2)cc1. The van der Waals surface area contributed by atoms with E-state index in [1.54, 1.807) is 0 Å². The van der Waals surface area contributed by atoms with Crippen molar-refractivity contribution in [1.29, 1.82) is 0 Å². The minimum Gasteiger partial charge on any atom is -0.480 e. The molecule has 1 nitrogen and oxygen atoms in total. The molecule has 0 saturated heterocycles. The van der Waals surface area contributed by atoms with Crippen molar-refractivity contribution in [3.63, 3.8) is 0 Å². The van der Waals surface area contributed by atoms with E-state index in [-0.39, 0.29) is 11.3 Å². The van der Waals surface area contributed by atoms with E-state index >= 15 is 0 Å². The van der Waals surface area contributed by atoms with Crippen molar-refractivity contribution < 1.29 is 4.74 Å². The second-order valence-corrected chi connectivity index (χ2v) is 9.21. The molecule has 3 atom stereocenters. The summed E-state index contributed by atoms with van der Waals surface area (Å²) in [5, 5.41) is 0. The van der Waals surface area contributed by atoms with Crippen LogP contribution in [0.4, 0.5) is 0 Å². The molecule has 0 radical (unpaired) electrons. The number of hydrogen-bond donors (Lipinski definition) is 0. The van der Waals surface area contributed by atoms with Crippen molar-refractivity contribution >= 4 is 21.7 Å². The van der Waals surface area contributed by atoms with Crippen molar-refractivity contribution in [1.82, 2.24) is 0 Å². The van der Waals surface area contributed by atoms with E-state index in [1.165, 1.54) is 16.7 Å². The van der Waals surface area contributed by atoms with Crippen molar-refractivity contribution in [2.45, 2.75) is 16.9 Å². The minimum absolute atomic E-state index is 0.199. The number of hydrogen-bond acceptors (Lipinski definition) is 1. The molecule has 150 valence electrons. The number of fused-ring (bicyclic) bond motifs is 1. The Bertz CT molecular complexity index is 1250. The maximum absolute atomic E-state index is 7.00. The molecule has 4 aromatic carbocycles. The van der Waals surface area contributed by atoms with Gasteiger partial charge >= 0.3 is 0 Å². The highest BCUT2D eigenvalue weighted by Crippen LogP contribution is 2.80. The first-order valence-electron chi connectivity index (χ1n) is 10.6. The molecule has 0 amide bonds. The fraction of sp³-hybridized carbons (Fsp3) is 0.103. The van der Waals surface area contributed by atoms with Crippen molar-refractivity contribution in [2.75, 3.05) is 0 Å². The molecular weight excluding hydrogens is 444 g/mol. The van der Waals surface area contributed by atoms with Gasteiger partial charge in [-0.15, -0.1) is 0 Å². The van der Waals surface area contributed by atoms with Crippen LogP contribution in [-0.4, -0.2) is 0 Å². The van der Waals surface area contributed by atoms with Gasteiger partial charge in [-0.2, -0.15) is 0 Å². The standard InChI is InChI=1S/C29H21BrO/c30-25-18-16-22(17-19-25)27-28(23-12-6-2-7-13-23)20-26(21-10-4-1-5-11-21)31-29(27,28)24-14-8-3-9-15-24/h1-20,27H. The van der Waals surface area contributed by atoms with Gasteiger partial charge in [0.2, 0.25) is 0 Å². The Kier molecular flexibility index (Phi) is 4.19. The normalized spacial score (nSPS) is 26.0. The summed E-state index contributed by atoms with van der Waals surface area (Å²) in [6.45, 7) is 0. The molecule has 0 N–H and O–H groups in total. The van der Waals surface area contributed by atoms with E-state index in [0.29, 0.717) is 0 Å². The van der Waals surface area contributed by atoms with Crippen molar-refractivity contribution in [3.8, 4) is 0 Å². The zero-order valence-corrected chi connectivity index (χ0v) is 18.5. The average Bonchev–Trinajstić information content (AvgIpc) is 3.26. The highest BCUT2D eigenvalue weighted by molar-refractivity contribution is 9.10. The third kappa shape index (κ3) is 2.61. The quantitative estimate of drug-likeness (QED) is 0.304. The Morgan fingerprint density at radius 2 is 1.16 bits per heavy atom. The zero-order chi connectivity index (χ0) is 20.9. The van der Waals surface area contributed by atoms with E-state index in [1.807, 2.05) is 6.07 Å². The first-order chi connectivity index (χ1) is 15.3. The predicted octanol–water partition coefficient (Wildman–Crippen LogP) is 7.45. The Morgan fingerprint density at radius 3 is 1.77 bits per heavy atom. The molecule has 2 aliphatic rings. The van der Waals surface area contributed by atoms with E-state index in [2.05, 4.69) is 131 Å². The van der Waals surface area contributed by atoms with Gasteiger partial charge in [0.1, 0.15) is 5.76 Å². The summed E-state index contributed by atoms with van der Waals surface area (Å²) >= 11 is 3.59. The molecule has 0 bridgehead atoms. The highest BCUT2D eigenvalue weighted by atomic mass is 79.9. The molecule has 1 aliphatic carbocycles. The van der Waals surface area contributed by atoms with E-state index in [0.717, 1.165) is 15.8 Å². The fourth-order valence-corrected chi connectivity index (χ4v) is 5.70. The maximum atomic E-state index is 7.00. The first-order valence-corrected chi connectivity index (χ1v) is 11.4. The molecule has 1 heterocycles. The van der Waals surface area contributed by atoms with Gasteiger partial charge < -0.3 is 4.74 Å². The topological polar surface area (TPSA) is 9.23 Å². The van der Waals surface area contributed by atoms with Gasteiger partial charge in [-0.25, -0.2) is 0 Å². The molecule has 0 aromatic heterocycles. The van der Waals surface area contributed by atoms with Crippen LogP contribution in [-0.2, 0) is 15.8 Å².